The second-order valence-electron chi connectivity index (χ2n) is 6.58. The molecule has 14 heteroatoms. The number of hydrogen-bond acceptors (Lipinski definition) is 10. The van der Waals surface area contributed by atoms with Gasteiger partial charge in [-0.15, -0.1) is 11.3 Å². The molecule has 0 aliphatic rings. The maximum Gasteiger partial charge on any atom is 0.340 e. The standard InChI is InChI=1S/C20H21N5O6S3/c1-11-9-14(18(26)30-3)17(33-11)24-20(32)21-12-5-7-13(8-6-12)34(27,28)25-15-10-16(29-2)23-19(22-15)31-4/h5-10H,1-4H3,(H2,21,24,32)(H,22,23,25). The fraction of sp³-hybridized carbons (Fsp3) is 0.200. The number of aromatic nitrogens is 2. The van der Waals surface area contributed by atoms with Gasteiger partial charge in [-0.3, -0.25) is 4.72 Å². The molecule has 2 aromatic heterocycles. The minimum absolute atomic E-state index is 0.00432. The molecule has 0 bridgehead atoms. The molecule has 0 fully saturated rings. The van der Waals surface area contributed by atoms with Crippen molar-refractivity contribution in [3.05, 3.63) is 46.8 Å². The summed E-state index contributed by atoms with van der Waals surface area (Å²) in [5.74, 6) is -0.346. The number of thiophene rings is 1. The van der Waals surface area contributed by atoms with Crippen molar-refractivity contribution in [2.45, 2.75) is 11.8 Å². The first-order valence-electron chi connectivity index (χ1n) is 9.52. The highest BCUT2D eigenvalue weighted by Crippen LogP contribution is 2.28. The molecule has 0 aliphatic heterocycles. The maximum atomic E-state index is 12.8. The van der Waals surface area contributed by atoms with E-state index in [4.69, 9.17) is 26.4 Å². The summed E-state index contributed by atoms with van der Waals surface area (Å²) in [7, 11) is 0.0986. The van der Waals surface area contributed by atoms with Gasteiger partial charge >= 0.3 is 12.0 Å². The molecule has 0 atom stereocenters. The van der Waals surface area contributed by atoms with Crippen molar-refractivity contribution >= 4 is 61.2 Å². The van der Waals surface area contributed by atoms with Crippen LogP contribution in [0.25, 0.3) is 0 Å². The first kappa shape index (κ1) is 25.1. The minimum Gasteiger partial charge on any atom is -0.481 e. The van der Waals surface area contributed by atoms with E-state index in [2.05, 4.69) is 25.3 Å². The average molecular weight is 524 g/mol. The molecule has 0 saturated carbocycles. The molecule has 0 saturated heterocycles. The zero-order chi connectivity index (χ0) is 24.9. The number of carbonyl (C=O) groups excluding carboxylic acids is 1. The van der Waals surface area contributed by atoms with Gasteiger partial charge in [0.2, 0.25) is 5.88 Å². The van der Waals surface area contributed by atoms with E-state index in [0.717, 1.165) is 4.88 Å². The summed E-state index contributed by atoms with van der Waals surface area (Å²) in [6.45, 7) is 1.86. The summed E-state index contributed by atoms with van der Waals surface area (Å²) in [6.07, 6.45) is 0. The summed E-state index contributed by atoms with van der Waals surface area (Å²) < 4.78 is 42.6. The van der Waals surface area contributed by atoms with Crippen LogP contribution in [0.15, 0.2) is 41.3 Å². The number of ether oxygens (including phenoxy) is 3. The molecule has 0 spiro atoms. The van der Waals surface area contributed by atoms with Crippen LogP contribution >= 0.6 is 23.6 Å². The Hall–Kier alpha value is -3.49. The largest absolute Gasteiger partial charge is 0.481 e. The van der Waals surface area contributed by atoms with Crippen LogP contribution in [0.1, 0.15) is 15.2 Å². The summed E-state index contributed by atoms with van der Waals surface area (Å²) in [6, 6.07) is 8.88. The van der Waals surface area contributed by atoms with Crippen molar-refractivity contribution in [1.82, 2.24) is 9.97 Å². The van der Waals surface area contributed by atoms with Gasteiger partial charge in [-0.2, -0.15) is 9.97 Å². The molecule has 34 heavy (non-hydrogen) atoms. The predicted molar refractivity (Wildman–Crippen MR) is 133 cm³/mol. The van der Waals surface area contributed by atoms with Crippen LogP contribution in [0.4, 0.5) is 16.5 Å². The third-order valence-electron chi connectivity index (χ3n) is 4.22. The second-order valence-corrected chi connectivity index (χ2v) is 9.93. The smallest absolute Gasteiger partial charge is 0.340 e. The Morgan fingerprint density at radius 2 is 1.74 bits per heavy atom. The first-order valence-corrected chi connectivity index (χ1v) is 12.2. The fourth-order valence-electron chi connectivity index (χ4n) is 2.70. The molecule has 0 aliphatic carbocycles. The van der Waals surface area contributed by atoms with Gasteiger partial charge in [0.05, 0.1) is 31.8 Å². The Kier molecular flexibility index (Phi) is 7.86. The molecule has 3 aromatic rings. The normalized spacial score (nSPS) is 10.8. The lowest BCUT2D eigenvalue weighted by molar-refractivity contribution is 0.0602. The Bertz CT molecular complexity index is 1290. The topological polar surface area (TPSA) is 141 Å². The third kappa shape index (κ3) is 6.09. The van der Waals surface area contributed by atoms with E-state index in [1.54, 1.807) is 18.2 Å². The molecular weight excluding hydrogens is 502 g/mol. The van der Waals surface area contributed by atoms with E-state index in [1.807, 2.05) is 6.92 Å². The number of benzene rings is 1. The highest BCUT2D eigenvalue weighted by molar-refractivity contribution is 7.92. The van der Waals surface area contributed by atoms with E-state index in [9.17, 15) is 13.2 Å². The highest BCUT2D eigenvalue weighted by atomic mass is 32.2. The van der Waals surface area contributed by atoms with E-state index in [0.29, 0.717) is 16.3 Å². The monoisotopic (exact) mass is 523 g/mol. The van der Waals surface area contributed by atoms with Crippen LogP contribution in [0.3, 0.4) is 0 Å². The number of carbonyl (C=O) groups is 1. The van der Waals surface area contributed by atoms with Crippen LogP contribution in [0.5, 0.6) is 11.9 Å². The highest BCUT2D eigenvalue weighted by Gasteiger charge is 2.18. The second kappa shape index (κ2) is 10.6. The summed E-state index contributed by atoms with van der Waals surface area (Å²) in [5, 5.41) is 6.68. The van der Waals surface area contributed by atoms with Crippen molar-refractivity contribution in [1.29, 1.82) is 0 Å². The van der Waals surface area contributed by atoms with Crippen molar-refractivity contribution in [2.75, 3.05) is 36.7 Å². The zero-order valence-electron chi connectivity index (χ0n) is 18.5. The van der Waals surface area contributed by atoms with Crippen LogP contribution < -0.4 is 24.8 Å². The molecule has 0 amide bonds. The molecule has 180 valence electrons. The van der Waals surface area contributed by atoms with Crippen molar-refractivity contribution < 1.29 is 27.4 Å². The SMILES string of the molecule is COC(=O)c1cc(C)sc1NC(=S)Nc1ccc(S(=O)(=O)Nc2cc(OC)nc(OC)n2)cc1. The third-order valence-corrected chi connectivity index (χ3v) is 6.76. The number of esters is 1. The van der Waals surface area contributed by atoms with Gasteiger partial charge in [-0.25, -0.2) is 13.2 Å². The number of nitrogens with zero attached hydrogens (tertiary/aromatic N) is 2. The fourth-order valence-corrected chi connectivity index (χ4v) is 4.88. The van der Waals surface area contributed by atoms with Gasteiger partial charge in [-0.1, -0.05) is 0 Å². The minimum atomic E-state index is -3.95. The molecule has 0 radical (unpaired) electrons. The van der Waals surface area contributed by atoms with Crippen LogP contribution in [-0.2, 0) is 14.8 Å². The number of aryl methyl sites for hydroxylation is 1. The van der Waals surface area contributed by atoms with Gasteiger partial charge in [0.1, 0.15) is 5.00 Å². The summed E-state index contributed by atoms with van der Waals surface area (Å²) in [5.41, 5.74) is 0.911. The molecule has 3 N–H and O–H groups in total. The van der Waals surface area contributed by atoms with Gasteiger partial charge in [0, 0.05) is 16.6 Å². The Morgan fingerprint density at radius 1 is 1.03 bits per heavy atom. The van der Waals surface area contributed by atoms with Crippen LogP contribution in [0, 0.1) is 6.92 Å². The lowest BCUT2D eigenvalue weighted by atomic mass is 10.3. The van der Waals surface area contributed by atoms with Crippen molar-refractivity contribution in [2.24, 2.45) is 0 Å². The van der Waals surface area contributed by atoms with Crippen molar-refractivity contribution in [3.63, 3.8) is 0 Å². The number of methoxy groups -OCH3 is 3. The lowest BCUT2D eigenvalue weighted by Gasteiger charge is -2.12. The number of rotatable bonds is 8. The first-order chi connectivity index (χ1) is 16.1. The molecule has 3 rings (SSSR count). The van der Waals surface area contributed by atoms with Crippen LogP contribution in [-0.4, -0.2) is 50.8 Å². The molecule has 0 unspecified atom stereocenters. The van der Waals surface area contributed by atoms with E-state index in [1.165, 1.54) is 50.9 Å². The molecule has 11 nitrogen and oxygen atoms in total. The number of anilines is 3. The maximum absolute atomic E-state index is 12.8. The van der Waals surface area contributed by atoms with Gasteiger partial charge in [0.15, 0.2) is 10.9 Å². The quantitative estimate of drug-likeness (QED) is 0.296. The zero-order valence-corrected chi connectivity index (χ0v) is 21.0. The van der Waals surface area contributed by atoms with Gasteiger partial charge in [0.25, 0.3) is 10.0 Å². The van der Waals surface area contributed by atoms with E-state index in [-0.39, 0.29) is 27.7 Å². The average Bonchev–Trinajstić information content (AvgIpc) is 3.17. The number of sulfonamides is 1. The van der Waals surface area contributed by atoms with E-state index < -0.39 is 16.0 Å². The Labute approximate surface area is 205 Å². The number of thiocarbonyl (C=S) groups is 1. The van der Waals surface area contributed by atoms with Crippen molar-refractivity contribution in [3.8, 4) is 11.9 Å². The summed E-state index contributed by atoms with van der Waals surface area (Å²) in [4.78, 5) is 20.7. The predicted octanol–water partition coefficient (Wildman–Crippen LogP) is 3.26. The molecular formula is C20H21N5O6S3. The Balaban J connectivity index is 1.70. The van der Waals surface area contributed by atoms with E-state index >= 15 is 0 Å². The lowest BCUT2D eigenvalue weighted by Crippen LogP contribution is -2.20. The van der Waals surface area contributed by atoms with Gasteiger partial charge in [-0.05, 0) is 49.5 Å². The number of nitrogens with one attached hydrogen (secondary N) is 3. The molecule has 2 heterocycles. The van der Waals surface area contributed by atoms with Crippen LogP contribution in [0.2, 0.25) is 0 Å². The summed E-state index contributed by atoms with van der Waals surface area (Å²) >= 11 is 6.67. The number of hydrogen-bond donors (Lipinski definition) is 3. The Morgan fingerprint density at radius 3 is 2.35 bits per heavy atom. The molecule has 1 aromatic carbocycles. The van der Waals surface area contributed by atoms with Gasteiger partial charge < -0.3 is 24.8 Å².